The summed E-state index contributed by atoms with van der Waals surface area (Å²) in [7, 11) is 0. The molecule has 4 N–H and O–H groups in total. The largest absolute Gasteiger partial charge is 0.353 e. The third-order valence-corrected chi connectivity index (χ3v) is 3.86. The number of pyridine rings is 1. The highest BCUT2D eigenvalue weighted by Crippen LogP contribution is 2.24. The topological polar surface area (TPSA) is 107 Å². The van der Waals surface area contributed by atoms with Crippen LogP contribution in [0.1, 0.15) is 29.8 Å². The van der Waals surface area contributed by atoms with Crippen molar-refractivity contribution < 1.29 is 14.8 Å². The van der Waals surface area contributed by atoms with Crippen molar-refractivity contribution in [3.63, 3.8) is 0 Å². The Kier molecular flexibility index (Phi) is 4.72. The molecule has 0 saturated heterocycles. The van der Waals surface area contributed by atoms with E-state index in [4.69, 9.17) is 5.21 Å². The number of nitrogens with one attached hydrogen (secondary N) is 3. The molecule has 2 amide bonds. The third-order valence-electron chi connectivity index (χ3n) is 3.86. The van der Waals surface area contributed by atoms with Gasteiger partial charge in [-0.2, -0.15) is 0 Å². The van der Waals surface area contributed by atoms with E-state index >= 15 is 0 Å². The minimum atomic E-state index is -0.423. The van der Waals surface area contributed by atoms with E-state index in [1.807, 2.05) is 24.3 Å². The number of aromatic amines is 1. The number of aromatic nitrogens is 2. The molecule has 0 bridgehead atoms. The standard InChI is InChI=1S/C17H18N4O3/c22-16(21-24)7-3-4-8-18-17(23)14-9-12-11-5-1-2-6-13(11)20-15(12)10-19-14/h1-2,5-6,9-10,20,24H,3-4,7-8H2,(H,18,23)(H,21,22). The van der Waals surface area contributed by atoms with Gasteiger partial charge < -0.3 is 10.3 Å². The summed E-state index contributed by atoms with van der Waals surface area (Å²) < 4.78 is 0. The number of hydrogen-bond acceptors (Lipinski definition) is 4. The number of hydrogen-bond donors (Lipinski definition) is 4. The van der Waals surface area contributed by atoms with Crippen LogP contribution >= 0.6 is 0 Å². The van der Waals surface area contributed by atoms with Crippen molar-refractivity contribution in [3.8, 4) is 0 Å². The zero-order valence-corrected chi connectivity index (χ0v) is 13.0. The van der Waals surface area contributed by atoms with Gasteiger partial charge in [0.25, 0.3) is 5.91 Å². The Balaban J connectivity index is 1.65. The van der Waals surface area contributed by atoms with E-state index in [1.165, 1.54) is 0 Å². The second-order valence-corrected chi connectivity index (χ2v) is 5.53. The fourth-order valence-electron chi connectivity index (χ4n) is 2.63. The Morgan fingerprint density at radius 2 is 1.96 bits per heavy atom. The first-order valence-electron chi connectivity index (χ1n) is 7.76. The van der Waals surface area contributed by atoms with Gasteiger partial charge in [-0.1, -0.05) is 18.2 Å². The summed E-state index contributed by atoms with van der Waals surface area (Å²) >= 11 is 0. The molecule has 0 atom stereocenters. The van der Waals surface area contributed by atoms with Crippen LogP contribution in [0.3, 0.4) is 0 Å². The van der Waals surface area contributed by atoms with E-state index in [1.54, 1.807) is 17.7 Å². The van der Waals surface area contributed by atoms with Crippen LogP contribution in [0.25, 0.3) is 21.8 Å². The number of rotatable bonds is 6. The molecule has 0 fully saturated rings. The number of amides is 2. The highest BCUT2D eigenvalue weighted by Gasteiger charge is 2.10. The predicted molar refractivity (Wildman–Crippen MR) is 89.7 cm³/mol. The smallest absolute Gasteiger partial charge is 0.269 e. The molecule has 0 radical (unpaired) electrons. The monoisotopic (exact) mass is 326 g/mol. The Hall–Kier alpha value is -2.93. The number of carbonyl (C=O) groups is 2. The number of nitrogens with zero attached hydrogens (tertiary/aromatic N) is 1. The molecule has 0 spiro atoms. The lowest BCUT2D eigenvalue weighted by Gasteiger charge is -2.04. The van der Waals surface area contributed by atoms with Gasteiger partial charge in [-0.25, -0.2) is 10.5 Å². The summed E-state index contributed by atoms with van der Waals surface area (Å²) in [5, 5.41) is 13.2. The zero-order valence-electron chi connectivity index (χ0n) is 13.0. The predicted octanol–water partition coefficient (Wildman–Crippen LogP) is 2.12. The molecule has 0 saturated carbocycles. The van der Waals surface area contributed by atoms with Gasteiger partial charge in [0.1, 0.15) is 5.69 Å². The Morgan fingerprint density at radius 3 is 2.79 bits per heavy atom. The molecule has 2 heterocycles. The molecular formula is C17H18N4O3. The van der Waals surface area contributed by atoms with E-state index in [2.05, 4.69) is 15.3 Å². The average Bonchev–Trinajstić information content (AvgIpc) is 2.98. The van der Waals surface area contributed by atoms with Gasteiger partial charge in [-0.15, -0.1) is 0 Å². The van der Waals surface area contributed by atoms with Crippen LogP contribution in [0.2, 0.25) is 0 Å². The quantitative estimate of drug-likeness (QED) is 0.316. The number of H-pyrrole nitrogens is 1. The van der Waals surface area contributed by atoms with Crippen LogP contribution in [-0.2, 0) is 4.79 Å². The van der Waals surface area contributed by atoms with E-state index in [0.29, 0.717) is 25.1 Å². The molecule has 2 aromatic heterocycles. The van der Waals surface area contributed by atoms with Crippen molar-refractivity contribution >= 4 is 33.6 Å². The van der Waals surface area contributed by atoms with E-state index in [0.717, 1.165) is 21.8 Å². The third kappa shape index (κ3) is 3.36. The molecule has 0 unspecified atom stereocenters. The summed E-state index contributed by atoms with van der Waals surface area (Å²) in [4.78, 5) is 30.5. The molecule has 124 valence electrons. The highest BCUT2D eigenvalue weighted by atomic mass is 16.5. The molecule has 0 aliphatic heterocycles. The molecule has 7 heteroatoms. The minimum Gasteiger partial charge on any atom is -0.353 e. The normalized spacial score (nSPS) is 10.9. The average molecular weight is 326 g/mol. The lowest BCUT2D eigenvalue weighted by Crippen LogP contribution is -2.25. The first-order valence-corrected chi connectivity index (χ1v) is 7.76. The van der Waals surface area contributed by atoms with Crippen LogP contribution < -0.4 is 10.8 Å². The molecule has 3 rings (SSSR count). The molecule has 7 nitrogen and oxygen atoms in total. The maximum Gasteiger partial charge on any atom is 0.269 e. The maximum absolute atomic E-state index is 12.2. The van der Waals surface area contributed by atoms with Gasteiger partial charge in [0.2, 0.25) is 5.91 Å². The molecule has 0 aliphatic rings. The molecule has 3 aromatic rings. The van der Waals surface area contributed by atoms with E-state index in [-0.39, 0.29) is 12.3 Å². The van der Waals surface area contributed by atoms with Crippen molar-refractivity contribution in [2.24, 2.45) is 0 Å². The Bertz CT molecular complexity index is 888. The van der Waals surface area contributed by atoms with Crippen LogP contribution in [0.15, 0.2) is 36.5 Å². The number of unbranched alkanes of at least 4 members (excludes halogenated alkanes) is 1. The number of carbonyl (C=O) groups excluding carboxylic acids is 2. The maximum atomic E-state index is 12.2. The van der Waals surface area contributed by atoms with Gasteiger partial charge >= 0.3 is 0 Å². The van der Waals surface area contributed by atoms with Crippen molar-refractivity contribution in [1.82, 2.24) is 20.8 Å². The first kappa shape index (κ1) is 15.9. The molecule has 1 aromatic carbocycles. The molecule has 24 heavy (non-hydrogen) atoms. The van der Waals surface area contributed by atoms with Gasteiger partial charge in [0, 0.05) is 29.3 Å². The van der Waals surface area contributed by atoms with Crippen molar-refractivity contribution in [2.45, 2.75) is 19.3 Å². The lowest BCUT2D eigenvalue weighted by molar-refractivity contribution is -0.129. The van der Waals surface area contributed by atoms with E-state index in [9.17, 15) is 9.59 Å². The molecular weight excluding hydrogens is 308 g/mol. The highest BCUT2D eigenvalue weighted by molar-refractivity contribution is 6.09. The summed E-state index contributed by atoms with van der Waals surface area (Å²) in [5.74, 6) is -0.665. The summed E-state index contributed by atoms with van der Waals surface area (Å²) in [6, 6.07) is 9.68. The SMILES string of the molecule is O=C(CCCCNC(=O)c1cc2c(cn1)[nH]c1ccccc12)NO. The Labute approximate surface area is 138 Å². The number of benzene rings is 1. The fourth-order valence-corrected chi connectivity index (χ4v) is 2.63. The second kappa shape index (κ2) is 7.10. The summed E-state index contributed by atoms with van der Waals surface area (Å²) in [6.45, 7) is 0.450. The minimum absolute atomic E-state index is 0.228. The Morgan fingerprint density at radius 1 is 1.12 bits per heavy atom. The van der Waals surface area contributed by atoms with E-state index < -0.39 is 5.91 Å². The first-order chi connectivity index (χ1) is 11.7. The second-order valence-electron chi connectivity index (χ2n) is 5.53. The summed E-state index contributed by atoms with van der Waals surface area (Å²) in [6.07, 6.45) is 3.12. The lowest BCUT2D eigenvalue weighted by atomic mass is 10.1. The van der Waals surface area contributed by atoms with Gasteiger partial charge in [-0.3, -0.25) is 14.8 Å². The zero-order chi connectivity index (χ0) is 16.9. The van der Waals surface area contributed by atoms with Crippen LogP contribution in [0.4, 0.5) is 0 Å². The number of hydroxylamine groups is 1. The van der Waals surface area contributed by atoms with Crippen molar-refractivity contribution in [1.29, 1.82) is 0 Å². The van der Waals surface area contributed by atoms with Crippen LogP contribution in [0.5, 0.6) is 0 Å². The van der Waals surface area contributed by atoms with Crippen LogP contribution in [0, 0.1) is 0 Å². The van der Waals surface area contributed by atoms with Crippen molar-refractivity contribution in [3.05, 3.63) is 42.2 Å². The fraction of sp³-hybridized carbons (Fsp3) is 0.235. The van der Waals surface area contributed by atoms with Gasteiger partial charge in [-0.05, 0) is 25.0 Å². The number of fused-ring (bicyclic) bond motifs is 3. The van der Waals surface area contributed by atoms with Crippen molar-refractivity contribution in [2.75, 3.05) is 6.54 Å². The number of para-hydroxylation sites is 1. The van der Waals surface area contributed by atoms with Gasteiger partial charge in [0.15, 0.2) is 0 Å². The van der Waals surface area contributed by atoms with Gasteiger partial charge in [0.05, 0.1) is 11.7 Å². The van der Waals surface area contributed by atoms with Crippen LogP contribution in [-0.4, -0.2) is 33.5 Å². The summed E-state index contributed by atoms with van der Waals surface area (Å²) in [5.41, 5.74) is 3.84. The molecule has 0 aliphatic carbocycles.